The zero-order valence-corrected chi connectivity index (χ0v) is 21.7. The fraction of sp³-hybridized carbons (Fsp3) is 0.440. The van der Waals surface area contributed by atoms with Crippen molar-refractivity contribution < 1.29 is 13.9 Å². The molecule has 6 nitrogen and oxygen atoms in total. The molecule has 0 spiro atoms. The summed E-state index contributed by atoms with van der Waals surface area (Å²) in [7, 11) is 0. The van der Waals surface area contributed by atoms with E-state index in [1.807, 2.05) is 43.0 Å². The first kappa shape index (κ1) is 26.9. The van der Waals surface area contributed by atoms with Crippen molar-refractivity contribution in [3.05, 3.63) is 65.5 Å². The number of ether oxygens (including phenoxy) is 1. The standard InChI is InChI=1S/C25H33FN4O2.HI/c1-3-27-25(28-17-19(2)32-23-12-10-22(26)11-13-23)29-18-20-8-7-9-21(16-20)24(31)30-14-5-4-6-15-30;/h7-13,16,19H,3-6,14-15,17-18H2,1-2H3,(H2,27,28,29);1H. The van der Waals surface area contributed by atoms with E-state index in [0.29, 0.717) is 24.8 Å². The number of carbonyl (C=O) groups is 1. The molecule has 1 heterocycles. The van der Waals surface area contributed by atoms with E-state index in [4.69, 9.17) is 4.74 Å². The molecular formula is C25H34FIN4O2. The first-order valence-electron chi connectivity index (χ1n) is 11.4. The van der Waals surface area contributed by atoms with E-state index in [0.717, 1.165) is 43.6 Å². The largest absolute Gasteiger partial charge is 0.489 e. The fourth-order valence-electron chi connectivity index (χ4n) is 3.62. The molecule has 1 amide bonds. The highest BCUT2D eigenvalue weighted by Crippen LogP contribution is 2.15. The normalized spacial score (nSPS) is 14.8. The van der Waals surface area contributed by atoms with Gasteiger partial charge in [0.05, 0.1) is 13.1 Å². The van der Waals surface area contributed by atoms with Crippen LogP contribution in [0.15, 0.2) is 53.5 Å². The molecule has 1 saturated heterocycles. The highest BCUT2D eigenvalue weighted by molar-refractivity contribution is 14.0. The minimum absolute atomic E-state index is 0. The summed E-state index contributed by atoms with van der Waals surface area (Å²) in [5.74, 6) is 1.12. The average Bonchev–Trinajstić information content (AvgIpc) is 2.82. The smallest absolute Gasteiger partial charge is 0.253 e. The highest BCUT2D eigenvalue weighted by atomic mass is 127. The Morgan fingerprint density at radius 3 is 2.55 bits per heavy atom. The SMILES string of the molecule is CCNC(=NCc1cccc(C(=O)N2CCCCC2)c1)NCC(C)Oc1ccc(F)cc1.I. The summed E-state index contributed by atoms with van der Waals surface area (Å²) in [6.07, 6.45) is 3.23. The lowest BCUT2D eigenvalue weighted by Gasteiger charge is -2.26. The Morgan fingerprint density at radius 1 is 1.12 bits per heavy atom. The number of carbonyl (C=O) groups excluding carboxylic acids is 1. The molecule has 2 aromatic carbocycles. The summed E-state index contributed by atoms with van der Waals surface area (Å²) in [6, 6.07) is 13.7. The fourth-order valence-corrected chi connectivity index (χ4v) is 3.62. The number of likely N-dealkylation sites (tertiary alicyclic amines) is 1. The van der Waals surface area contributed by atoms with Gasteiger partial charge in [-0.15, -0.1) is 24.0 Å². The van der Waals surface area contributed by atoms with Crippen LogP contribution in [0.5, 0.6) is 5.75 Å². The van der Waals surface area contributed by atoms with Crippen molar-refractivity contribution in [1.82, 2.24) is 15.5 Å². The maximum absolute atomic E-state index is 13.0. The van der Waals surface area contributed by atoms with Gasteiger partial charge in [0.1, 0.15) is 17.7 Å². The van der Waals surface area contributed by atoms with Crippen LogP contribution in [-0.4, -0.2) is 49.0 Å². The van der Waals surface area contributed by atoms with E-state index in [-0.39, 0.29) is 41.8 Å². The predicted molar refractivity (Wildman–Crippen MR) is 141 cm³/mol. The number of aliphatic imine (C=N–C) groups is 1. The van der Waals surface area contributed by atoms with Gasteiger partial charge >= 0.3 is 0 Å². The van der Waals surface area contributed by atoms with Gasteiger partial charge < -0.3 is 20.3 Å². The molecule has 1 fully saturated rings. The van der Waals surface area contributed by atoms with Gasteiger partial charge in [0, 0.05) is 25.2 Å². The Bertz CT molecular complexity index is 902. The molecule has 1 atom stereocenters. The van der Waals surface area contributed by atoms with Crippen LogP contribution in [0.2, 0.25) is 0 Å². The van der Waals surface area contributed by atoms with E-state index in [1.54, 1.807) is 12.1 Å². The van der Waals surface area contributed by atoms with Gasteiger partial charge in [-0.1, -0.05) is 12.1 Å². The topological polar surface area (TPSA) is 66.0 Å². The van der Waals surface area contributed by atoms with Gasteiger partial charge in [0.15, 0.2) is 5.96 Å². The molecule has 1 aliphatic rings. The number of halogens is 2. The van der Waals surface area contributed by atoms with Crippen LogP contribution in [0, 0.1) is 5.82 Å². The highest BCUT2D eigenvalue weighted by Gasteiger charge is 2.18. The van der Waals surface area contributed by atoms with Gasteiger partial charge in [-0.25, -0.2) is 9.38 Å². The lowest BCUT2D eigenvalue weighted by molar-refractivity contribution is 0.0724. The Hall–Kier alpha value is -2.36. The third kappa shape index (κ3) is 8.83. The number of rotatable bonds is 8. The second-order valence-electron chi connectivity index (χ2n) is 8.01. The number of guanidine groups is 1. The maximum atomic E-state index is 13.0. The summed E-state index contributed by atoms with van der Waals surface area (Å²) in [6.45, 7) is 7.36. The number of amides is 1. The van der Waals surface area contributed by atoms with E-state index in [9.17, 15) is 9.18 Å². The molecule has 0 saturated carbocycles. The zero-order valence-electron chi connectivity index (χ0n) is 19.4. The Balaban J connectivity index is 0.00000385. The molecule has 0 bridgehead atoms. The maximum Gasteiger partial charge on any atom is 0.253 e. The minimum atomic E-state index is -0.286. The number of nitrogens with one attached hydrogen (secondary N) is 2. The molecular weight excluding hydrogens is 534 g/mol. The first-order valence-corrected chi connectivity index (χ1v) is 11.4. The summed E-state index contributed by atoms with van der Waals surface area (Å²) < 4.78 is 18.8. The molecule has 1 unspecified atom stereocenters. The second kappa shape index (κ2) is 14.0. The van der Waals surface area contributed by atoms with Crippen LogP contribution in [0.1, 0.15) is 49.0 Å². The molecule has 180 valence electrons. The number of nitrogens with zero attached hydrogens (tertiary/aromatic N) is 2. The summed E-state index contributed by atoms with van der Waals surface area (Å²) >= 11 is 0. The Labute approximate surface area is 213 Å². The van der Waals surface area contributed by atoms with E-state index in [2.05, 4.69) is 15.6 Å². The average molecular weight is 568 g/mol. The number of benzene rings is 2. The van der Waals surface area contributed by atoms with Gasteiger partial charge in [0.25, 0.3) is 5.91 Å². The third-order valence-corrected chi connectivity index (χ3v) is 5.29. The molecule has 8 heteroatoms. The number of hydrogen-bond donors (Lipinski definition) is 2. The zero-order chi connectivity index (χ0) is 22.8. The van der Waals surface area contributed by atoms with Crippen LogP contribution < -0.4 is 15.4 Å². The van der Waals surface area contributed by atoms with Gasteiger partial charge in [-0.3, -0.25) is 4.79 Å². The van der Waals surface area contributed by atoms with Crippen molar-refractivity contribution in [1.29, 1.82) is 0 Å². The molecule has 2 aromatic rings. The first-order chi connectivity index (χ1) is 15.5. The van der Waals surface area contributed by atoms with Crippen LogP contribution in [0.25, 0.3) is 0 Å². The van der Waals surface area contributed by atoms with Gasteiger partial charge in [-0.05, 0) is 75.1 Å². The molecule has 1 aliphatic heterocycles. The Kier molecular flexibility index (Phi) is 11.4. The lowest BCUT2D eigenvalue weighted by atomic mass is 10.1. The van der Waals surface area contributed by atoms with E-state index in [1.165, 1.54) is 18.6 Å². The lowest BCUT2D eigenvalue weighted by Crippen LogP contribution is -2.41. The van der Waals surface area contributed by atoms with Crippen molar-refractivity contribution in [3.63, 3.8) is 0 Å². The number of hydrogen-bond acceptors (Lipinski definition) is 3. The molecule has 3 rings (SSSR count). The summed E-state index contributed by atoms with van der Waals surface area (Å²) in [5.41, 5.74) is 1.71. The van der Waals surface area contributed by atoms with Crippen LogP contribution in [0.3, 0.4) is 0 Å². The minimum Gasteiger partial charge on any atom is -0.489 e. The third-order valence-electron chi connectivity index (χ3n) is 5.29. The molecule has 33 heavy (non-hydrogen) atoms. The number of piperidine rings is 1. The van der Waals surface area contributed by atoms with E-state index >= 15 is 0 Å². The summed E-state index contributed by atoms with van der Waals surface area (Å²) in [5, 5.41) is 6.50. The van der Waals surface area contributed by atoms with Crippen LogP contribution in [0.4, 0.5) is 4.39 Å². The van der Waals surface area contributed by atoms with Crippen molar-refractivity contribution in [3.8, 4) is 5.75 Å². The quantitative estimate of drug-likeness (QED) is 0.278. The van der Waals surface area contributed by atoms with Crippen LogP contribution >= 0.6 is 24.0 Å². The molecule has 2 N–H and O–H groups in total. The van der Waals surface area contributed by atoms with Crippen LogP contribution in [-0.2, 0) is 6.54 Å². The summed E-state index contributed by atoms with van der Waals surface area (Å²) in [4.78, 5) is 19.4. The molecule has 0 aromatic heterocycles. The van der Waals surface area contributed by atoms with Gasteiger partial charge in [0.2, 0.25) is 0 Å². The second-order valence-corrected chi connectivity index (χ2v) is 8.01. The van der Waals surface area contributed by atoms with Crippen molar-refractivity contribution in [2.75, 3.05) is 26.2 Å². The van der Waals surface area contributed by atoms with Crippen molar-refractivity contribution >= 4 is 35.8 Å². The van der Waals surface area contributed by atoms with E-state index < -0.39 is 0 Å². The predicted octanol–water partition coefficient (Wildman–Crippen LogP) is 4.59. The van der Waals surface area contributed by atoms with Gasteiger partial charge in [-0.2, -0.15) is 0 Å². The molecule has 0 radical (unpaired) electrons. The van der Waals surface area contributed by atoms with Crippen molar-refractivity contribution in [2.45, 2.75) is 45.8 Å². The molecule has 0 aliphatic carbocycles. The van der Waals surface area contributed by atoms with Crippen molar-refractivity contribution in [2.24, 2.45) is 4.99 Å². The Morgan fingerprint density at radius 2 is 1.85 bits per heavy atom. The monoisotopic (exact) mass is 568 g/mol.